The normalized spacial score (nSPS) is 15.6. The number of rotatable bonds is 6. The number of benzene rings is 2. The Hall–Kier alpha value is -2.70. The van der Waals surface area contributed by atoms with Crippen LogP contribution in [0.2, 0.25) is 0 Å². The van der Waals surface area contributed by atoms with Gasteiger partial charge in [-0.3, -0.25) is 14.6 Å². The number of nitrogens with zero attached hydrogens (tertiary/aromatic N) is 2. The molecule has 1 aliphatic heterocycles. The molecular weight excluding hydrogens is 354 g/mol. The number of hydrogen-bond donors (Lipinski definition) is 1. The summed E-state index contributed by atoms with van der Waals surface area (Å²) in [5.41, 5.74) is 2.47. The second-order valence-corrected chi connectivity index (χ2v) is 7.01. The predicted octanol–water partition coefficient (Wildman–Crippen LogP) is 2.62. The summed E-state index contributed by atoms with van der Waals surface area (Å²) in [4.78, 5) is 28.5. The molecule has 0 atom stereocenters. The zero-order valence-electron chi connectivity index (χ0n) is 16.3. The Balaban J connectivity index is 1.46. The van der Waals surface area contributed by atoms with Crippen molar-refractivity contribution < 1.29 is 14.3 Å². The molecule has 0 aromatic heterocycles. The molecule has 6 nitrogen and oxygen atoms in total. The van der Waals surface area contributed by atoms with Crippen molar-refractivity contribution in [2.24, 2.45) is 0 Å². The minimum Gasteiger partial charge on any atom is -0.465 e. The largest absolute Gasteiger partial charge is 0.465 e. The Bertz CT molecular complexity index is 777. The van der Waals surface area contributed by atoms with Crippen LogP contribution in [0.5, 0.6) is 0 Å². The Labute approximate surface area is 166 Å². The minimum atomic E-state index is -0.387. The maximum absolute atomic E-state index is 12.4. The van der Waals surface area contributed by atoms with Crippen LogP contribution in [0.1, 0.15) is 22.3 Å². The van der Waals surface area contributed by atoms with Crippen LogP contribution < -0.4 is 5.32 Å². The Kier molecular flexibility index (Phi) is 7.17. The zero-order chi connectivity index (χ0) is 19.8. The number of nitrogens with one attached hydrogen (secondary N) is 1. The first-order valence-electron chi connectivity index (χ1n) is 9.61. The molecule has 1 heterocycles. The second-order valence-electron chi connectivity index (χ2n) is 7.01. The van der Waals surface area contributed by atoms with E-state index in [1.54, 1.807) is 24.3 Å². The van der Waals surface area contributed by atoms with E-state index in [9.17, 15) is 9.59 Å². The fourth-order valence-electron chi connectivity index (χ4n) is 3.39. The van der Waals surface area contributed by atoms with Gasteiger partial charge in [-0.05, 0) is 49.3 Å². The molecule has 0 unspecified atom stereocenters. The van der Waals surface area contributed by atoms with Crippen LogP contribution in [0.3, 0.4) is 0 Å². The fourth-order valence-corrected chi connectivity index (χ4v) is 3.39. The highest BCUT2D eigenvalue weighted by Gasteiger charge is 2.17. The van der Waals surface area contributed by atoms with Crippen molar-refractivity contribution in [1.29, 1.82) is 0 Å². The van der Waals surface area contributed by atoms with E-state index in [4.69, 9.17) is 0 Å². The number of carbonyl (C=O) groups excluding carboxylic acids is 2. The van der Waals surface area contributed by atoms with Gasteiger partial charge in [0.1, 0.15) is 0 Å². The molecule has 1 aliphatic rings. The molecule has 0 radical (unpaired) electrons. The molecule has 2 aromatic carbocycles. The number of methoxy groups -OCH3 is 1. The van der Waals surface area contributed by atoms with Gasteiger partial charge in [0.15, 0.2) is 0 Å². The van der Waals surface area contributed by atoms with Crippen molar-refractivity contribution >= 4 is 17.6 Å². The first-order valence-corrected chi connectivity index (χ1v) is 9.61. The van der Waals surface area contributed by atoms with Crippen molar-refractivity contribution in [3.8, 4) is 0 Å². The van der Waals surface area contributed by atoms with E-state index >= 15 is 0 Å². The van der Waals surface area contributed by atoms with Crippen molar-refractivity contribution in [1.82, 2.24) is 9.80 Å². The van der Waals surface area contributed by atoms with Crippen molar-refractivity contribution in [3.05, 3.63) is 65.7 Å². The van der Waals surface area contributed by atoms with Gasteiger partial charge >= 0.3 is 5.97 Å². The topological polar surface area (TPSA) is 61.9 Å². The van der Waals surface area contributed by atoms with Crippen LogP contribution in [-0.2, 0) is 16.1 Å². The summed E-state index contributed by atoms with van der Waals surface area (Å²) in [7, 11) is 1.35. The summed E-state index contributed by atoms with van der Waals surface area (Å²) in [6, 6.07) is 17.2. The van der Waals surface area contributed by atoms with E-state index in [1.807, 2.05) is 6.07 Å². The Morgan fingerprint density at radius 2 is 1.61 bits per heavy atom. The molecular formula is C22H27N3O3. The summed E-state index contributed by atoms with van der Waals surface area (Å²) in [6.07, 6.45) is 1.05. The van der Waals surface area contributed by atoms with Crippen LogP contribution in [0, 0.1) is 0 Å². The van der Waals surface area contributed by atoms with Crippen molar-refractivity contribution in [2.45, 2.75) is 13.0 Å². The molecule has 1 N–H and O–H groups in total. The summed E-state index contributed by atoms with van der Waals surface area (Å²) >= 11 is 0. The van der Waals surface area contributed by atoms with E-state index in [0.717, 1.165) is 39.1 Å². The standard InChI is InChI=1S/C22H27N3O3/c1-28-22(27)19-8-10-20(11-9-19)23-21(26)17-25-13-5-12-24(14-15-25)16-18-6-3-2-4-7-18/h2-4,6-11H,5,12-17H2,1H3,(H,23,26). The highest BCUT2D eigenvalue weighted by atomic mass is 16.5. The number of carbonyl (C=O) groups is 2. The van der Waals surface area contributed by atoms with Crippen LogP contribution >= 0.6 is 0 Å². The lowest BCUT2D eigenvalue weighted by atomic mass is 10.2. The average molecular weight is 381 g/mol. The first-order chi connectivity index (χ1) is 13.6. The van der Waals surface area contributed by atoms with Gasteiger partial charge in [-0.1, -0.05) is 30.3 Å². The molecule has 1 saturated heterocycles. The molecule has 1 fully saturated rings. The van der Waals surface area contributed by atoms with Crippen LogP contribution in [0.15, 0.2) is 54.6 Å². The molecule has 1 amide bonds. The third kappa shape index (κ3) is 5.90. The zero-order valence-corrected chi connectivity index (χ0v) is 16.3. The summed E-state index contributed by atoms with van der Waals surface area (Å²) in [5, 5.41) is 2.90. The van der Waals surface area contributed by atoms with Crippen molar-refractivity contribution in [3.63, 3.8) is 0 Å². The van der Waals surface area contributed by atoms with Gasteiger partial charge in [-0.15, -0.1) is 0 Å². The van der Waals surface area contributed by atoms with Gasteiger partial charge in [0.05, 0.1) is 19.2 Å². The summed E-state index contributed by atoms with van der Waals surface area (Å²) in [5.74, 6) is -0.426. The second kappa shape index (κ2) is 10.0. The Morgan fingerprint density at radius 3 is 2.32 bits per heavy atom. The van der Waals surface area contributed by atoms with Gasteiger partial charge < -0.3 is 10.1 Å². The molecule has 0 saturated carbocycles. The third-order valence-electron chi connectivity index (χ3n) is 4.89. The highest BCUT2D eigenvalue weighted by molar-refractivity contribution is 5.93. The molecule has 148 valence electrons. The predicted molar refractivity (Wildman–Crippen MR) is 109 cm³/mol. The maximum Gasteiger partial charge on any atom is 0.337 e. The van der Waals surface area contributed by atoms with Gasteiger partial charge in [0.2, 0.25) is 5.91 Å². The number of amides is 1. The number of esters is 1. The van der Waals surface area contributed by atoms with Crippen molar-refractivity contribution in [2.75, 3.05) is 45.2 Å². The number of ether oxygens (including phenoxy) is 1. The average Bonchev–Trinajstić information content (AvgIpc) is 2.93. The number of anilines is 1. The van der Waals surface area contributed by atoms with E-state index in [0.29, 0.717) is 17.8 Å². The van der Waals surface area contributed by atoms with Crippen LogP contribution in [0.25, 0.3) is 0 Å². The van der Waals surface area contributed by atoms with Gasteiger partial charge in [-0.25, -0.2) is 4.79 Å². The van der Waals surface area contributed by atoms with Gasteiger partial charge in [-0.2, -0.15) is 0 Å². The SMILES string of the molecule is COC(=O)c1ccc(NC(=O)CN2CCCN(Cc3ccccc3)CC2)cc1. The molecule has 3 rings (SSSR count). The minimum absolute atomic E-state index is 0.0395. The van der Waals surface area contributed by atoms with Gasteiger partial charge in [0.25, 0.3) is 0 Å². The molecule has 2 aromatic rings. The highest BCUT2D eigenvalue weighted by Crippen LogP contribution is 2.12. The molecule has 28 heavy (non-hydrogen) atoms. The lowest BCUT2D eigenvalue weighted by Crippen LogP contribution is -2.36. The van der Waals surface area contributed by atoms with Gasteiger partial charge in [0, 0.05) is 25.3 Å². The Morgan fingerprint density at radius 1 is 0.929 bits per heavy atom. The fraction of sp³-hybridized carbons (Fsp3) is 0.364. The van der Waals surface area contributed by atoms with Crippen LogP contribution in [0.4, 0.5) is 5.69 Å². The first kappa shape index (κ1) is 20.0. The van der Waals surface area contributed by atoms with E-state index < -0.39 is 0 Å². The number of hydrogen-bond acceptors (Lipinski definition) is 5. The monoisotopic (exact) mass is 381 g/mol. The van der Waals surface area contributed by atoms with E-state index in [1.165, 1.54) is 12.7 Å². The maximum atomic E-state index is 12.4. The summed E-state index contributed by atoms with van der Waals surface area (Å²) in [6.45, 7) is 5.12. The molecule has 6 heteroatoms. The molecule has 0 spiro atoms. The lowest BCUT2D eigenvalue weighted by Gasteiger charge is -2.21. The summed E-state index contributed by atoms with van der Waals surface area (Å²) < 4.78 is 4.68. The third-order valence-corrected chi connectivity index (χ3v) is 4.89. The molecule has 0 bridgehead atoms. The van der Waals surface area contributed by atoms with E-state index in [2.05, 4.69) is 44.1 Å². The van der Waals surface area contributed by atoms with E-state index in [-0.39, 0.29) is 11.9 Å². The smallest absolute Gasteiger partial charge is 0.337 e. The quantitative estimate of drug-likeness (QED) is 0.780. The van der Waals surface area contributed by atoms with Crippen LogP contribution in [-0.4, -0.2) is 61.5 Å². The lowest BCUT2D eigenvalue weighted by molar-refractivity contribution is -0.117. The molecule has 0 aliphatic carbocycles.